The first-order chi connectivity index (χ1) is 30.5. The molecule has 0 fully saturated rings. The van der Waals surface area contributed by atoms with E-state index in [1.165, 1.54) is 60.0 Å². The van der Waals surface area contributed by atoms with Gasteiger partial charge in [-0.2, -0.15) is 0 Å². The van der Waals surface area contributed by atoms with Gasteiger partial charge in [-0.25, -0.2) is 9.97 Å². The molecule has 1 aliphatic carbocycles. The van der Waals surface area contributed by atoms with Crippen LogP contribution in [-0.2, 0) is 5.41 Å². The first kappa shape index (κ1) is 34.8. The molecule has 0 saturated heterocycles. The molecule has 12 aromatic rings. The number of nitrogens with zero attached hydrogens (tertiary/aromatic N) is 5. The van der Waals surface area contributed by atoms with Crippen molar-refractivity contribution in [1.82, 2.24) is 23.7 Å². The Morgan fingerprint density at radius 3 is 1.52 bits per heavy atom. The number of fused-ring (bicyclic) bond motifs is 10. The van der Waals surface area contributed by atoms with Gasteiger partial charge < -0.3 is 9.13 Å². The SMILES string of the molecule is CC1(C)C=Cc2c(-c3cccc4c5ccccc5n(-c5ccccc5)c34)nc(-n3c4ccccc4c4cc(-c5ccc6c(c5)c5ccccc5n6-c5ccccc5)ccc43)nc21. The third-order valence-corrected chi connectivity index (χ3v) is 13.1. The summed E-state index contributed by atoms with van der Waals surface area (Å²) in [5, 5.41) is 7.23. The van der Waals surface area contributed by atoms with Gasteiger partial charge in [0.1, 0.15) is 0 Å². The first-order valence-corrected chi connectivity index (χ1v) is 21.3. The van der Waals surface area contributed by atoms with Crippen molar-refractivity contribution in [3.8, 4) is 39.7 Å². The molecule has 13 rings (SSSR count). The largest absolute Gasteiger partial charge is 0.309 e. The lowest BCUT2D eigenvalue weighted by atomic mass is 9.91. The summed E-state index contributed by atoms with van der Waals surface area (Å²) in [5.74, 6) is 0.670. The fourth-order valence-electron chi connectivity index (χ4n) is 10.2. The van der Waals surface area contributed by atoms with Crippen LogP contribution >= 0.6 is 0 Å². The third-order valence-electron chi connectivity index (χ3n) is 13.1. The monoisotopic (exact) mass is 793 g/mol. The van der Waals surface area contributed by atoms with Crippen molar-refractivity contribution in [2.45, 2.75) is 19.3 Å². The molecular weight excluding hydrogens is 755 g/mol. The van der Waals surface area contributed by atoms with Crippen molar-refractivity contribution in [2.75, 3.05) is 0 Å². The van der Waals surface area contributed by atoms with Crippen LogP contribution < -0.4 is 0 Å². The summed E-state index contributed by atoms with van der Waals surface area (Å²) < 4.78 is 7.04. The van der Waals surface area contributed by atoms with Crippen LogP contribution in [0.4, 0.5) is 0 Å². The summed E-state index contributed by atoms with van der Waals surface area (Å²) in [6, 6.07) is 67.9. The van der Waals surface area contributed by atoms with Gasteiger partial charge in [0.15, 0.2) is 0 Å². The van der Waals surface area contributed by atoms with Gasteiger partial charge in [0, 0.05) is 60.2 Å². The summed E-state index contributed by atoms with van der Waals surface area (Å²) in [4.78, 5) is 11.1. The van der Waals surface area contributed by atoms with E-state index in [1.54, 1.807) is 0 Å². The number of hydrogen-bond acceptors (Lipinski definition) is 2. The average Bonchev–Trinajstić information content (AvgIpc) is 4.04. The molecule has 4 aromatic heterocycles. The molecular formula is C57H39N5. The Bertz CT molecular complexity index is 3820. The second-order valence-corrected chi connectivity index (χ2v) is 17.1. The molecule has 0 radical (unpaired) electrons. The second kappa shape index (κ2) is 13.0. The van der Waals surface area contributed by atoms with E-state index in [4.69, 9.17) is 9.97 Å². The van der Waals surface area contributed by atoms with E-state index >= 15 is 0 Å². The number of allylic oxidation sites excluding steroid dienone is 1. The minimum atomic E-state index is -0.282. The molecule has 0 saturated carbocycles. The van der Waals surface area contributed by atoms with Crippen LogP contribution in [0.3, 0.4) is 0 Å². The van der Waals surface area contributed by atoms with Crippen LogP contribution in [0.2, 0.25) is 0 Å². The zero-order chi connectivity index (χ0) is 41.1. The van der Waals surface area contributed by atoms with Crippen LogP contribution in [-0.4, -0.2) is 23.7 Å². The molecule has 4 heterocycles. The van der Waals surface area contributed by atoms with Gasteiger partial charge >= 0.3 is 0 Å². The molecule has 0 bridgehead atoms. The van der Waals surface area contributed by atoms with Crippen molar-refractivity contribution in [1.29, 1.82) is 0 Å². The maximum atomic E-state index is 5.63. The van der Waals surface area contributed by atoms with Gasteiger partial charge in [-0.3, -0.25) is 4.57 Å². The number of aromatic nitrogens is 5. The zero-order valence-corrected chi connectivity index (χ0v) is 34.3. The van der Waals surface area contributed by atoms with Crippen LogP contribution in [0, 0.1) is 0 Å². The molecule has 1 aliphatic rings. The minimum absolute atomic E-state index is 0.282. The van der Waals surface area contributed by atoms with E-state index in [-0.39, 0.29) is 5.41 Å². The molecule has 0 spiro atoms. The van der Waals surface area contributed by atoms with Crippen LogP contribution in [0.1, 0.15) is 25.1 Å². The summed E-state index contributed by atoms with van der Waals surface area (Å²) in [7, 11) is 0. The van der Waals surface area contributed by atoms with Gasteiger partial charge in [-0.1, -0.05) is 147 Å². The molecule has 292 valence electrons. The normalized spacial score (nSPS) is 13.4. The van der Waals surface area contributed by atoms with Gasteiger partial charge in [0.2, 0.25) is 5.95 Å². The Labute approximate surface area is 358 Å². The van der Waals surface area contributed by atoms with Crippen LogP contribution in [0.15, 0.2) is 194 Å². The number of benzene rings is 8. The van der Waals surface area contributed by atoms with Crippen LogP contribution in [0.5, 0.6) is 0 Å². The predicted molar refractivity (Wildman–Crippen MR) is 258 cm³/mol. The highest BCUT2D eigenvalue weighted by atomic mass is 15.2. The molecule has 8 aromatic carbocycles. The van der Waals surface area contributed by atoms with E-state index < -0.39 is 0 Å². The van der Waals surface area contributed by atoms with Crippen molar-refractivity contribution >= 4 is 71.5 Å². The Balaban J connectivity index is 1.03. The molecule has 0 atom stereocenters. The minimum Gasteiger partial charge on any atom is -0.309 e. The van der Waals surface area contributed by atoms with Gasteiger partial charge in [0.05, 0.1) is 44.5 Å². The number of hydrogen-bond donors (Lipinski definition) is 0. The van der Waals surface area contributed by atoms with Gasteiger partial charge in [-0.05, 0) is 77.9 Å². The third kappa shape index (κ3) is 4.96. The second-order valence-electron chi connectivity index (χ2n) is 17.1. The van der Waals surface area contributed by atoms with Crippen molar-refractivity contribution < 1.29 is 0 Å². The van der Waals surface area contributed by atoms with E-state index in [1.807, 2.05) is 0 Å². The fraction of sp³-hybridized carbons (Fsp3) is 0.0526. The summed E-state index contributed by atoms with van der Waals surface area (Å²) in [6.45, 7) is 4.51. The van der Waals surface area contributed by atoms with Crippen molar-refractivity contribution in [2.24, 2.45) is 0 Å². The van der Waals surface area contributed by atoms with E-state index in [0.29, 0.717) is 5.95 Å². The quantitative estimate of drug-likeness (QED) is 0.174. The summed E-state index contributed by atoms with van der Waals surface area (Å²) in [6.07, 6.45) is 4.51. The van der Waals surface area contributed by atoms with Crippen molar-refractivity contribution in [3.63, 3.8) is 0 Å². The lowest BCUT2D eigenvalue weighted by molar-refractivity contribution is 0.651. The first-order valence-electron chi connectivity index (χ1n) is 21.3. The molecule has 0 N–H and O–H groups in total. The maximum Gasteiger partial charge on any atom is 0.235 e. The standard InChI is InChI=1S/C57H39N5/c1-57(2)33-32-45-53(44-24-15-23-43-40-20-9-13-26-49(40)61(54(43)44)39-18-7-4-8-19-39)58-56(59-55(45)57)62-50-27-14-11-22-42(50)47-35-37(29-31-52(47)62)36-28-30-51-46(34-36)41-21-10-12-25-48(41)60(51)38-16-5-3-6-17-38/h3-35H,1-2H3. The molecule has 0 aliphatic heterocycles. The maximum absolute atomic E-state index is 5.63. The average molecular weight is 794 g/mol. The van der Waals surface area contributed by atoms with E-state index in [0.717, 1.165) is 50.4 Å². The molecule has 62 heavy (non-hydrogen) atoms. The van der Waals surface area contributed by atoms with E-state index in [2.05, 4.69) is 228 Å². The smallest absolute Gasteiger partial charge is 0.235 e. The number of rotatable bonds is 5. The van der Waals surface area contributed by atoms with Gasteiger partial charge in [-0.15, -0.1) is 0 Å². The zero-order valence-electron chi connectivity index (χ0n) is 34.3. The molecule has 0 unspecified atom stereocenters. The van der Waals surface area contributed by atoms with E-state index in [9.17, 15) is 0 Å². The fourth-order valence-corrected chi connectivity index (χ4v) is 10.2. The van der Waals surface area contributed by atoms with Gasteiger partial charge in [0.25, 0.3) is 0 Å². The Kier molecular flexibility index (Phi) is 7.29. The molecule has 0 amide bonds. The molecule has 5 heteroatoms. The Morgan fingerprint density at radius 2 is 0.887 bits per heavy atom. The number of para-hydroxylation sites is 6. The highest BCUT2D eigenvalue weighted by Gasteiger charge is 2.32. The van der Waals surface area contributed by atoms with Crippen molar-refractivity contribution in [3.05, 3.63) is 205 Å². The molecule has 5 nitrogen and oxygen atoms in total. The predicted octanol–water partition coefficient (Wildman–Crippen LogP) is 14.4. The van der Waals surface area contributed by atoms with Crippen LogP contribution in [0.25, 0.3) is 111 Å². The lowest BCUT2D eigenvalue weighted by Crippen LogP contribution is -2.17. The summed E-state index contributed by atoms with van der Waals surface area (Å²) >= 11 is 0. The lowest BCUT2D eigenvalue weighted by Gasteiger charge is -2.20. The highest BCUT2D eigenvalue weighted by molar-refractivity contribution is 6.15. The topological polar surface area (TPSA) is 40.6 Å². The summed E-state index contributed by atoms with van der Waals surface area (Å²) in [5.41, 5.74) is 15.3. The highest BCUT2D eigenvalue weighted by Crippen LogP contribution is 2.45. The Hall–Kier alpha value is -8.02. The Morgan fingerprint density at radius 1 is 0.403 bits per heavy atom.